The molecular weight excluding hydrogens is 270 g/mol. The summed E-state index contributed by atoms with van der Waals surface area (Å²) < 4.78 is 3.03. The smallest absolute Gasteiger partial charge is 0.313 e. The lowest BCUT2D eigenvalue weighted by Gasteiger charge is -2.04. The lowest BCUT2D eigenvalue weighted by Crippen LogP contribution is -2.29. The minimum Gasteiger partial charge on any atom is -0.313 e. The lowest BCUT2D eigenvalue weighted by molar-refractivity contribution is 0.796. The normalized spacial score (nSPS) is 10.7. The van der Waals surface area contributed by atoms with Crippen molar-refractivity contribution in [2.75, 3.05) is 0 Å². The van der Waals surface area contributed by atoms with Crippen molar-refractivity contribution in [2.24, 2.45) is 14.1 Å². The first-order valence-electron chi connectivity index (χ1n) is 6.19. The molecule has 0 radical (unpaired) electrons. The fourth-order valence-corrected chi connectivity index (χ4v) is 2.31. The van der Waals surface area contributed by atoms with Crippen LogP contribution in [0.5, 0.6) is 0 Å². The van der Waals surface area contributed by atoms with Gasteiger partial charge in [-0.3, -0.25) is 14.3 Å². The Morgan fingerprint density at radius 1 is 1.14 bits per heavy atom. The molecule has 0 amide bonds. The van der Waals surface area contributed by atoms with Gasteiger partial charge in [0.1, 0.15) is 11.5 Å². The molecule has 1 N–H and O–H groups in total. The van der Waals surface area contributed by atoms with Crippen LogP contribution < -0.4 is 11.2 Å². The summed E-state index contributed by atoms with van der Waals surface area (Å²) in [6, 6.07) is 8.91. The third-order valence-corrected chi connectivity index (χ3v) is 3.39. The number of benzene rings is 1. The highest BCUT2D eigenvalue weighted by molar-refractivity contribution is 5.76. The summed E-state index contributed by atoms with van der Waals surface area (Å²) in [5.41, 5.74) is 0.967. The van der Waals surface area contributed by atoms with E-state index in [-0.39, 0.29) is 5.52 Å². The fraction of sp³-hybridized carbons (Fsp3) is 0.143. The molecule has 0 aliphatic carbocycles. The Balaban J connectivity index is 2.34. The molecule has 0 spiro atoms. The van der Waals surface area contributed by atoms with Crippen molar-refractivity contribution in [3.8, 4) is 17.5 Å². The molecule has 7 heteroatoms. The average molecular weight is 281 g/mol. The Hall–Kier alpha value is -3.14. The van der Waals surface area contributed by atoms with Crippen LogP contribution in [0.2, 0.25) is 0 Å². The van der Waals surface area contributed by atoms with Gasteiger partial charge in [-0.1, -0.05) is 0 Å². The van der Waals surface area contributed by atoms with E-state index >= 15 is 0 Å². The number of hydrogen-bond donors (Lipinski definition) is 1. The van der Waals surface area contributed by atoms with E-state index < -0.39 is 11.2 Å². The van der Waals surface area contributed by atoms with Crippen LogP contribution in [0.1, 0.15) is 5.56 Å². The Morgan fingerprint density at radius 2 is 1.81 bits per heavy atom. The molecule has 21 heavy (non-hydrogen) atoms. The second-order valence-electron chi connectivity index (χ2n) is 4.67. The predicted octanol–water partition coefficient (Wildman–Crippen LogP) is 0.499. The maximum absolute atomic E-state index is 11.9. The van der Waals surface area contributed by atoms with Gasteiger partial charge in [-0.25, -0.2) is 9.78 Å². The van der Waals surface area contributed by atoms with Crippen LogP contribution >= 0.6 is 0 Å². The number of aromatic nitrogens is 4. The van der Waals surface area contributed by atoms with Crippen LogP contribution in [0.25, 0.3) is 22.6 Å². The standard InChI is InChI=1S/C14H11N5O2/c1-18-11(9-5-3-8(7-15)4-6-9)16-10-12(20)17-14(21)19(2)13(10)18/h3-6H,1-2H3,(H,17,20,21). The topological polar surface area (TPSA) is 96.5 Å². The number of rotatable bonds is 1. The van der Waals surface area contributed by atoms with Gasteiger partial charge in [0.05, 0.1) is 11.6 Å². The van der Waals surface area contributed by atoms with Gasteiger partial charge in [0.2, 0.25) is 0 Å². The first-order chi connectivity index (χ1) is 10.0. The zero-order valence-corrected chi connectivity index (χ0v) is 11.4. The SMILES string of the molecule is Cn1c(-c2ccc(C#N)cc2)nc2c(=O)[nH]c(=O)n(C)c21. The number of fused-ring (bicyclic) bond motifs is 1. The van der Waals surface area contributed by atoms with Gasteiger partial charge < -0.3 is 4.57 Å². The van der Waals surface area contributed by atoms with Gasteiger partial charge in [-0.05, 0) is 24.3 Å². The fourth-order valence-electron chi connectivity index (χ4n) is 2.31. The second-order valence-corrected chi connectivity index (χ2v) is 4.67. The maximum Gasteiger partial charge on any atom is 0.329 e. The van der Waals surface area contributed by atoms with Gasteiger partial charge in [0.15, 0.2) is 5.52 Å². The molecule has 7 nitrogen and oxygen atoms in total. The van der Waals surface area contributed by atoms with Gasteiger partial charge in [-0.2, -0.15) is 5.26 Å². The Kier molecular flexibility index (Phi) is 2.73. The Bertz CT molecular complexity index is 999. The van der Waals surface area contributed by atoms with Gasteiger partial charge in [-0.15, -0.1) is 0 Å². The van der Waals surface area contributed by atoms with E-state index in [0.29, 0.717) is 17.0 Å². The molecule has 2 heterocycles. The molecule has 3 aromatic rings. The van der Waals surface area contributed by atoms with E-state index in [1.165, 1.54) is 4.57 Å². The third-order valence-electron chi connectivity index (χ3n) is 3.39. The molecule has 0 bridgehead atoms. The first-order valence-corrected chi connectivity index (χ1v) is 6.19. The van der Waals surface area contributed by atoms with E-state index in [1.807, 2.05) is 6.07 Å². The van der Waals surface area contributed by atoms with Crippen LogP contribution in [-0.4, -0.2) is 19.1 Å². The van der Waals surface area contributed by atoms with Crippen molar-refractivity contribution in [2.45, 2.75) is 0 Å². The molecule has 0 aliphatic heterocycles. The van der Waals surface area contributed by atoms with Crippen LogP contribution in [0.4, 0.5) is 0 Å². The molecular formula is C14H11N5O2. The highest BCUT2D eigenvalue weighted by Gasteiger charge is 2.15. The molecule has 0 unspecified atom stereocenters. The van der Waals surface area contributed by atoms with E-state index in [1.54, 1.807) is 42.9 Å². The van der Waals surface area contributed by atoms with E-state index in [9.17, 15) is 9.59 Å². The van der Waals surface area contributed by atoms with Gasteiger partial charge >= 0.3 is 5.69 Å². The number of imidazole rings is 1. The summed E-state index contributed by atoms with van der Waals surface area (Å²) >= 11 is 0. The molecule has 104 valence electrons. The van der Waals surface area contributed by atoms with Crippen molar-refractivity contribution in [3.05, 3.63) is 50.7 Å². The highest BCUT2D eigenvalue weighted by atomic mass is 16.2. The molecule has 3 rings (SSSR count). The highest BCUT2D eigenvalue weighted by Crippen LogP contribution is 2.21. The Labute approximate surface area is 118 Å². The zero-order chi connectivity index (χ0) is 15.1. The van der Waals surface area contributed by atoms with Crippen LogP contribution in [0, 0.1) is 11.3 Å². The number of aryl methyl sites for hydroxylation is 2. The molecule has 0 saturated heterocycles. The Morgan fingerprint density at radius 3 is 2.43 bits per heavy atom. The largest absolute Gasteiger partial charge is 0.329 e. The van der Waals surface area contributed by atoms with Crippen molar-refractivity contribution < 1.29 is 0 Å². The van der Waals surface area contributed by atoms with Crippen molar-refractivity contribution in [1.82, 2.24) is 19.1 Å². The predicted molar refractivity (Wildman–Crippen MR) is 76.7 cm³/mol. The average Bonchev–Trinajstić information content (AvgIpc) is 2.83. The summed E-state index contributed by atoms with van der Waals surface area (Å²) in [5, 5.41) is 8.82. The quantitative estimate of drug-likeness (QED) is 0.702. The maximum atomic E-state index is 11.9. The van der Waals surface area contributed by atoms with Crippen LogP contribution in [-0.2, 0) is 14.1 Å². The van der Waals surface area contributed by atoms with Crippen LogP contribution in [0.3, 0.4) is 0 Å². The van der Waals surface area contributed by atoms with E-state index in [0.717, 1.165) is 5.56 Å². The minimum atomic E-state index is -0.511. The number of nitriles is 1. The summed E-state index contributed by atoms with van der Waals surface area (Å²) in [7, 11) is 3.31. The summed E-state index contributed by atoms with van der Waals surface area (Å²) in [6.07, 6.45) is 0. The first kappa shape index (κ1) is 12.9. The monoisotopic (exact) mass is 281 g/mol. The summed E-state index contributed by atoms with van der Waals surface area (Å²) in [5.74, 6) is 0.557. The summed E-state index contributed by atoms with van der Waals surface area (Å²) in [4.78, 5) is 30.1. The van der Waals surface area contributed by atoms with Gasteiger partial charge in [0, 0.05) is 19.7 Å². The van der Waals surface area contributed by atoms with Crippen molar-refractivity contribution in [1.29, 1.82) is 5.26 Å². The minimum absolute atomic E-state index is 0.207. The second kappa shape index (κ2) is 4.45. The molecule has 0 atom stereocenters. The number of H-pyrrole nitrogens is 1. The van der Waals surface area contributed by atoms with Crippen LogP contribution in [0.15, 0.2) is 33.9 Å². The number of nitrogens with zero attached hydrogens (tertiary/aromatic N) is 4. The molecule has 0 saturated carbocycles. The summed E-state index contributed by atoms with van der Waals surface area (Å²) in [6.45, 7) is 0. The van der Waals surface area contributed by atoms with Gasteiger partial charge in [0.25, 0.3) is 5.56 Å². The van der Waals surface area contributed by atoms with E-state index in [4.69, 9.17) is 5.26 Å². The molecule has 0 fully saturated rings. The van der Waals surface area contributed by atoms with Crippen molar-refractivity contribution in [3.63, 3.8) is 0 Å². The number of nitrogens with one attached hydrogen (secondary N) is 1. The number of hydrogen-bond acceptors (Lipinski definition) is 4. The zero-order valence-electron chi connectivity index (χ0n) is 11.4. The van der Waals surface area contributed by atoms with E-state index in [2.05, 4.69) is 9.97 Å². The lowest BCUT2D eigenvalue weighted by atomic mass is 10.1. The van der Waals surface area contributed by atoms with Crippen molar-refractivity contribution >= 4 is 11.2 Å². The molecule has 0 aliphatic rings. The third kappa shape index (κ3) is 1.85. The molecule has 1 aromatic carbocycles. The number of aromatic amines is 1. The molecule has 2 aromatic heterocycles.